The number of alkyl halides is 1. The average molecular weight is 226 g/mol. The van der Waals surface area contributed by atoms with Crippen LogP contribution < -0.4 is 4.90 Å². The van der Waals surface area contributed by atoms with Gasteiger partial charge in [0.1, 0.15) is 0 Å². The van der Waals surface area contributed by atoms with Gasteiger partial charge in [0.2, 0.25) is 5.91 Å². The summed E-state index contributed by atoms with van der Waals surface area (Å²) in [7, 11) is 0. The number of amides is 1. The molecular formula is C11H12ClNO2. The topological polar surface area (TPSA) is 40.5 Å². The van der Waals surface area contributed by atoms with Crippen LogP contribution in [0.5, 0.6) is 0 Å². The number of hydrogen-bond acceptors (Lipinski definition) is 2. The predicted molar refractivity (Wildman–Crippen MR) is 59.0 cm³/mol. The van der Waals surface area contributed by atoms with Gasteiger partial charge >= 0.3 is 0 Å². The molecule has 1 aromatic rings. The highest BCUT2D eigenvalue weighted by molar-refractivity contribution is 6.24. The summed E-state index contributed by atoms with van der Waals surface area (Å²) in [5.74, 6) is 0.0618. The van der Waals surface area contributed by atoms with E-state index in [4.69, 9.17) is 16.7 Å². The third-order valence-corrected chi connectivity index (χ3v) is 2.80. The molecule has 0 aromatic heterocycles. The van der Waals surface area contributed by atoms with Crippen molar-refractivity contribution in [1.29, 1.82) is 0 Å². The third-order valence-electron chi connectivity index (χ3n) is 2.51. The second kappa shape index (κ2) is 4.21. The normalized spacial score (nSPS) is 21.1. The van der Waals surface area contributed by atoms with Crippen LogP contribution in [0.15, 0.2) is 24.3 Å². The fourth-order valence-corrected chi connectivity index (χ4v) is 1.96. The van der Waals surface area contributed by atoms with E-state index in [9.17, 15) is 4.79 Å². The Morgan fingerprint density at radius 2 is 2.07 bits per heavy atom. The van der Waals surface area contributed by atoms with Gasteiger partial charge in [-0.2, -0.15) is 0 Å². The first-order valence-corrected chi connectivity index (χ1v) is 5.28. The van der Waals surface area contributed by atoms with Crippen molar-refractivity contribution >= 4 is 23.2 Å². The molecule has 15 heavy (non-hydrogen) atoms. The number of nitrogens with zero attached hydrogens (tertiary/aromatic N) is 1. The zero-order chi connectivity index (χ0) is 10.8. The smallest absolute Gasteiger partial charge is 0.228 e. The Morgan fingerprint density at radius 3 is 2.53 bits per heavy atom. The molecule has 1 atom stereocenters. The lowest BCUT2D eigenvalue weighted by Gasteiger charge is -2.15. The largest absolute Gasteiger partial charge is 0.392 e. The van der Waals surface area contributed by atoms with Crippen LogP contribution in [0.1, 0.15) is 12.0 Å². The van der Waals surface area contributed by atoms with Crippen molar-refractivity contribution in [3.63, 3.8) is 0 Å². The summed E-state index contributed by atoms with van der Waals surface area (Å²) in [5.41, 5.74) is 1.69. The molecule has 1 aliphatic heterocycles. The minimum absolute atomic E-state index is 0.0202. The first-order valence-electron chi connectivity index (χ1n) is 4.85. The number of carbonyl (C=O) groups is 1. The van der Waals surface area contributed by atoms with Crippen LogP contribution in [0.4, 0.5) is 5.69 Å². The lowest BCUT2D eigenvalue weighted by molar-refractivity contribution is -0.117. The van der Waals surface area contributed by atoms with E-state index in [1.54, 1.807) is 4.90 Å². The molecule has 1 unspecified atom stereocenters. The molecule has 1 aromatic carbocycles. The zero-order valence-electron chi connectivity index (χ0n) is 8.19. The fraction of sp³-hybridized carbons (Fsp3) is 0.364. The molecule has 0 spiro atoms. The van der Waals surface area contributed by atoms with E-state index < -0.39 is 0 Å². The van der Waals surface area contributed by atoms with E-state index >= 15 is 0 Å². The Morgan fingerprint density at radius 1 is 1.40 bits per heavy atom. The van der Waals surface area contributed by atoms with Crippen LogP contribution in [-0.2, 0) is 11.4 Å². The molecule has 1 fully saturated rings. The Labute approximate surface area is 93.3 Å². The minimum Gasteiger partial charge on any atom is -0.392 e. The molecule has 0 aliphatic carbocycles. The number of carbonyl (C=O) groups excluding carboxylic acids is 1. The van der Waals surface area contributed by atoms with E-state index in [-0.39, 0.29) is 17.9 Å². The maximum Gasteiger partial charge on any atom is 0.228 e. The summed E-state index contributed by atoms with van der Waals surface area (Å²) in [5, 5.41) is 8.80. The van der Waals surface area contributed by atoms with Gasteiger partial charge in [0.15, 0.2) is 0 Å². The summed E-state index contributed by atoms with van der Waals surface area (Å²) in [6, 6.07) is 7.28. The van der Waals surface area contributed by atoms with Gasteiger partial charge in [0, 0.05) is 18.7 Å². The average Bonchev–Trinajstić information content (AvgIpc) is 2.58. The molecule has 3 nitrogen and oxygen atoms in total. The molecular weight excluding hydrogens is 214 g/mol. The lowest BCUT2D eigenvalue weighted by Crippen LogP contribution is -2.24. The van der Waals surface area contributed by atoms with Gasteiger partial charge < -0.3 is 10.0 Å². The van der Waals surface area contributed by atoms with Crippen LogP contribution in [0.2, 0.25) is 0 Å². The van der Waals surface area contributed by atoms with E-state index in [1.807, 2.05) is 24.3 Å². The third kappa shape index (κ3) is 2.13. The molecule has 1 aliphatic rings. The van der Waals surface area contributed by atoms with Crippen LogP contribution >= 0.6 is 11.6 Å². The quantitative estimate of drug-likeness (QED) is 0.776. The van der Waals surface area contributed by atoms with E-state index in [0.717, 1.165) is 11.3 Å². The van der Waals surface area contributed by atoms with Crippen molar-refractivity contribution in [3.05, 3.63) is 29.8 Å². The van der Waals surface area contributed by atoms with E-state index in [0.29, 0.717) is 13.0 Å². The van der Waals surface area contributed by atoms with Crippen molar-refractivity contribution in [2.24, 2.45) is 0 Å². The first kappa shape index (κ1) is 10.5. The highest BCUT2D eigenvalue weighted by atomic mass is 35.5. The van der Waals surface area contributed by atoms with Crippen LogP contribution in [0, 0.1) is 0 Å². The van der Waals surface area contributed by atoms with Gasteiger partial charge in [-0.1, -0.05) is 12.1 Å². The number of rotatable bonds is 2. The Kier molecular flexibility index (Phi) is 2.93. The van der Waals surface area contributed by atoms with Gasteiger partial charge in [0.05, 0.1) is 12.0 Å². The van der Waals surface area contributed by atoms with Crippen molar-refractivity contribution in [2.45, 2.75) is 18.4 Å². The number of anilines is 1. The molecule has 1 heterocycles. The molecule has 0 bridgehead atoms. The summed E-state index contributed by atoms with van der Waals surface area (Å²) in [4.78, 5) is 13.2. The summed E-state index contributed by atoms with van der Waals surface area (Å²) in [6.07, 6.45) is 0.406. The Bertz CT molecular complexity index is 363. The van der Waals surface area contributed by atoms with Crippen LogP contribution in [0.25, 0.3) is 0 Å². The molecule has 0 saturated carbocycles. The maximum atomic E-state index is 11.5. The maximum absolute atomic E-state index is 11.5. The number of halogens is 1. The van der Waals surface area contributed by atoms with Crippen molar-refractivity contribution in [3.8, 4) is 0 Å². The lowest BCUT2D eigenvalue weighted by atomic mass is 10.2. The number of benzene rings is 1. The second-order valence-electron chi connectivity index (χ2n) is 3.63. The summed E-state index contributed by atoms with van der Waals surface area (Å²) < 4.78 is 0. The molecule has 1 saturated heterocycles. The summed E-state index contributed by atoms with van der Waals surface area (Å²) >= 11 is 5.91. The van der Waals surface area contributed by atoms with Gasteiger partial charge in [-0.05, 0) is 17.7 Å². The van der Waals surface area contributed by atoms with Crippen LogP contribution in [-0.4, -0.2) is 22.9 Å². The SMILES string of the molecule is O=C1CC(Cl)CN1c1ccc(CO)cc1. The summed E-state index contributed by atoms with van der Waals surface area (Å²) in [6.45, 7) is 0.589. The van der Waals surface area contributed by atoms with Gasteiger partial charge in [-0.25, -0.2) is 0 Å². The van der Waals surface area contributed by atoms with Crippen molar-refractivity contribution in [1.82, 2.24) is 0 Å². The minimum atomic E-state index is -0.0879. The van der Waals surface area contributed by atoms with E-state index in [2.05, 4.69) is 0 Å². The fourth-order valence-electron chi connectivity index (χ4n) is 1.69. The first-order chi connectivity index (χ1) is 7.20. The predicted octanol–water partition coefficient (Wildman–Crippen LogP) is 1.52. The Balaban J connectivity index is 2.19. The highest BCUT2D eigenvalue weighted by Crippen LogP contribution is 2.24. The molecule has 4 heteroatoms. The molecule has 2 rings (SSSR count). The van der Waals surface area contributed by atoms with Gasteiger partial charge in [-0.3, -0.25) is 4.79 Å². The number of aliphatic hydroxyl groups excluding tert-OH is 1. The second-order valence-corrected chi connectivity index (χ2v) is 4.25. The molecule has 80 valence electrons. The molecule has 1 N–H and O–H groups in total. The van der Waals surface area contributed by atoms with E-state index in [1.165, 1.54) is 0 Å². The molecule has 0 radical (unpaired) electrons. The highest BCUT2D eigenvalue weighted by Gasteiger charge is 2.28. The van der Waals surface area contributed by atoms with Crippen LogP contribution in [0.3, 0.4) is 0 Å². The standard InChI is InChI=1S/C11H12ClNO2/c12-9-5-11(15)13(6-9)10-3-1-8(7-14)2-4-10/h1-4,9,14H,5-7H2. The Hall–Kier alpha value is -1.06. The van der Waals surface area contributed by atoms with Crippen molar-refractivity contribution < 1.29 is 9.90 Å². The zero-order valence-corrected chi connectivity index (χ0v) is 8.94. The number of aliphatic hydroxyl groups is 1. The van der Waals surface area contributed by atoms with Gasteiger partial charge in [0.25, 0.3) is 0 Å². The van der Waals surface area contributed by atoms with Gasteiger partial charge in [-0.15, -0.1) is 11.6 Å². The van der Waals surface area contributed by atoms with Crippen molar-refractivity contribution in [2.75, 3.05) is 11.4 Å². The monoisotopic (exact) mass is 225 g/mol. The number of hydrogen-bond donors (Lipinski definition) is 1. The molecule has 1 amide bonds.